The highest BCUT2D eigenvalue weighted by Gasteiger charge is 2.47. The second kappa shape index (κ2) is 9.72. The van der Waals surface area contributed by atoms with E-state index in [9.17, 15) is 9.59 Å². The van der Waals surface area contributed by atoms with E-state index >= 15 is 0 Å². The van der Waals surface area contributed by atoms with Crippen molar-refractivity contribution in [1.82, 2.24) is 0 Å². The molecule has 0 spiro atoms. The second-order valence-electron chi connectivity index (χ2n) is 12.0. The lowest BCUT2D eigenvalue weighted by Crippen LogP contribution is -2.40. The van der Waals surface area contributed by atoms with Crippen LogP contribution in [-0.4, -0.2) is 39.8 Å². The summed E-state index contributed by atoms with van der Waals surface area (Å²) in [6, 6.07) is 19.2. The molecule has 0 aliphatic heterocycles. The number of ketones is 2. The van der Waals surface area contributed by atoms with E-state index in [1.54, 1.807) is 6.92 Å². The van der Waals surface area contributed by atoms with Crippen molar-refractivity contribution in [2.45, 2.75) is 58.8 Å². The lowest BCUT2D eigenvalue weighted by atomic mass is 9.56. The van der Waals surface area contributed by atoms with Crippen molar-refractivity contribution in [2.24, 2.45) is 5.92 Å². The first-order valence-electron chi connectivity index (χ1n) is 13.6. The van der Waals surface area contributed by atoms with Crippen molar-refractivity contribution in [3.05, 3.63) is 93.5 Å². The van der Waals surface area contributed by atoms with Gasteiger partial charge < -0.3 is 9.80 Å². The molecule has 4 heteroatoms. The summed E-state index contributed by atoms with van der Waals surface area (Å²) >= 11 is 0. The zero-order valence-corrected chi connectivity index (χ0v) is 24.7. The van der Waals surface area contributed by atoms with Gasteiger partial charge in [0.25, 0.3) is 0 Å². The van der Waals surface area contributed by atoms with Crippen LogP contribution >= 0.6 is 0 Å². The van der Waals surface area contributed by atoms with Crippen molar-refractivity contribution in [2.75, 3.05) is 38.0 Å². The van der Waals surface area contributed by atoms with Crippen LogP contribution in [0.15, 0.2) is 54.6 Å². The molecule has 0 fully saturated rings. The van der Waals surface area contributed by atoms with Gasteiger partial charge in [-0.1, -0.05) is 58.0 Å². The van der Waals surface area contributed by atoms with Crippen LogP contribution in [0.2, 0.25) is 0 Å². The minimum absolute atomic E-state index is 0.0392. The Morgan fingerprint density at radius 1 is 0.763 bits per heavy atom. The lowest BCUT2D eigenvalue weighted by Gasteiger charge is -2.47. The largest absolute Gasteiger partial charge is 0.378 e. The van der Waals surface area contributed by atoms with E-state index in [4.69, 9.17) is 0 Å². The monoisotopic (exact) mass is 510 g/mol. The number of nitrogens with zero attached hydrogens (tertiary/aromatic N) is 2. The molecule has 0 heterocycles. The summed E-state index contributed by atoms with van der Waals surface area (Å²) < 4.78 is 0. The van der Waals surface area contributed by atoms with E-state index in [-0.39, 0.29) is 22.9 Å². The van der Waals surface area contributed by atoms with Gasteiger partial charge >= 0.3 is 0 Å². The third kappa shape index (κ3) is 4.15. The molecule has 0 aromatic heterocycles. The highest BCUT2D eigenvalue weighted by Crippen LogP contribution is 2.54. The molecule has 1 atom stereocenters. The Hall–Kier alpha value is -3.40. The van der Waals surface area contributed by atoms with E-state index in [1.165, 1.54) is 22.3 Å². The molecule has 200 valence electrons. The molecule has 0 radical (unpaired) electrons. The first-order valence-corrected chi connectivity index (χ1v) is 13.6. The van der Waals surface area contributed by atoms with E-state index in [2.05, 4.69) is 101 Å². The number of carbonyl (C=O) groups is 2. The molecule has 0 saturated carbocycles. The molecular weight excluding hydrogens is 468 g/mol. The van der Waals surface area contributed by atoms with Gasteiger partial charge in [-0.3, -0.25) is 9.59 Å². The maximum Gasteiger partial charge on any atom is 0.166 e. The maximum atomic E-state index is 14.0. The van der Waals surface area contributed by atoms with Crippen LogP contribution in [-0.2, 0) is 10.8 Å². The summed E-state index contributed by atoms with van der Waals surface area (Å²) in [6.07, 6.45) is 0.722. The molecule has 1 aliphatic rings. The molecule has 1 aliphatic carbocycles. The molecule has 4 nitrogen and oxygen atoms in total. The molecule has 0 amide bonds. The quantitative estimate of drug-likeness (QED) is 0.314. The molecule has 3 aromatic rings. The van der Waals surface area contributed by atoms with Crippen LogP contribution in [0.1, 0.15) is 96.5 Å². The van der Waals surface area contributed by atoms with Crippen molar-refractivity contribution in [3.8, 4) is 0 Å². The molecule has 3 aromatic carbocycles. The van der Waals surface area contributed by atoms with Gasteiger partial charge in [-0.05, 0) is 72.4 Å². The Labute approximate surface area is 228 Å². The predicted octanol–water partition coefficient (Wildman–Crippen LogP) is 7.24. The maximum absolute atomic E-state index is 14.0. The van der Waals surface area contributed by atoms with Crippen molar-refractivity contribution >= 4 is 22.9 Å². The van der Waals surface area contributed by atoms with Gasteiger partial charge in [-0.2, -0.15) is 0 Å². The molecule has 0 N–H and O–H groups in total. The standard InChI is InChI=1S/C34H42N2O2/c1-11-21(2)32(38)31-25(22(3)37)13-12-14-28(31)34(6)26-17-15-23(35(7)8)19-29(26)33(4,5)30-20-24(36(9)10)16-18-27(30)34/h12-21H,11H2,1-10H3. The molecule has 0 bridgehead atoms. The Morgan fingerprint density at radius 3 is 1.68 bits per heavy atom. The fourth-order valence-electron chi connectivity index (χ4n) is 6.07. The first-order chi connectivity index (χ1) is 17.8. The summed E-state index contributed by atoms with van der Waals surface area (Å²) in [5.41, 5.74) is 8.21. The first kappa shape index (κ1) is 27.6. The Bertz CT molecular complexity index is 1350. The van der Waals surface area contributed by atoms with Crippen LogP contribution in [0.4, 0.5) is 11.4 Å². The number of hydrogen-bond donors (Lipinski definition) is 0. The predicted molar refractivity (Wildman–Crippen MR) is 159 cm³/mol. The summed E-state index contributed by atoms with van der Waals surface area (Å²) in [6.45, 7) is 12.4. The van der Waals surface area contributed by atoms with Gasteiger partial charge in [0.2, 0.25) is 0 Å². The molecule has 0 saturated heterocycles. The van der Waals surface area contributed by atoms with Gasteiger partial charge in [0, 0.05) is 67.4 Å². The number of rotatable bonds is 7. The SMILES string of the molecule is CCC(C)C(=O)c1c(C(C)=O)cccc1C1(C)c2ccc(N(C)C)cc2C(C)(C)c2cc(N(C)C)ccc21. The molecule has 38 heavy (non-hydrogen) atoms. The summed E-state index contributed by atoms with van der Waals surface area (Å²) in [5.74, 6) is -0.217. The van der Waals surface area contributed by atoms with Crippen LogP contribution in [0, 0.1) is 5.92 Å². The number of carbonyl (C=O) groups excluding carboxylic acids is 2. The molecular formula is C34H42N2O2. The van der Waals surface area contributed by atoms with E-state index in [0.717, 1.165) is 23.4 Å². The normalized spacial score (nSPS) is 15.7. The van der Waals surface area contributed by atoms with Crippen LogP contribution in [0.3, 0.4) is 0 Å². The fourth-order valence-corrected chi connectivity index (χ4v) is 6.07. The Morgan fingerprint density at radius 2 is 1.26 bits per heavy atom. The zero-order valence-electron chi connectivity index (χ0n) is 24.7. The molecule has 1 unspecified atom stereocenters. The number of Topliss-reactive ketones (excluding diaryl/α,β-unsaturated/α-hetero) is 2. The highest BCUT2D eigenvalue weighted by molar-refractivity contribution is 6.10. The highest BCUT2D eigenvalue weighted by atomic mass is 16.1. The van der Waals surface area contributed by atoms with Crippen molar-refractivity contribution in [1.29, 1.82) is 0 Å². The van der Waals surface area contributed by atoms with Gasteiger partial charge in [0.1, 0.15) is 0 Å². The number of benzene rings is 3. The summed E-state index contributed by atoms with van der Waals surface area (Å²) in [5, 5.41) is 0. The average molecular weight is 511 g/mol. The Kier molecular flexibility index (Phi) is 7.07. The minimum atomic E-state index is -0.625. The number of hydrogen-bond acceptors (Lipinski definition) is 4. The van der Waals surface area contributed by atoms with Gasteiger partial charge in [0.05, 0.1) is 0 Å². The van der Waals surface area contributed by atoms with E-state index < -0.39 is 5.41 Å². The fraction of sp³-hybridized carbons (Fsp3) is 0.412. The Balaban J connectivity index is 2.18. The summed E-state index contributed by atoms with van der Waals surface area (Å²) in [7, 11) is 8.25. The third-order valence-electron chi connectivity index (χ3n) is 8.75. The summed E-state index contributed by atoms with van der Waals surface area (Å²) in [4.78, 5) is 31.1. The lowest BCUT2D eigenvalue weighted by molar-refractivity contribution is 0.0914. The van der Waals surface area contributed by atoms with Crippen molar-refractivity contribution < 1.29 is 9.59 Å². The van der Waals surface area contributed by atoms with E-state index in [0.29, 0.717) is 11.1 Å². The average Bonchev–Trinajstić information content (AvgIpc) is 2.89. The number of fused-ring (bicyclic) bond motifs is 2. The van der Waals surface area contributed by atoms with E-state index in [1.807, 2.05) is 26.0 Å². The van der Waals surface area contributed by atoms with Crippen molar-refractivity contribution in [3.63, 3.8) is 0 Å². The second-order valence-corrected chi connectivity index (χ2v) is 12.0. The van der Waals surface area contributed by atoms with Crippen LogP contribution in [0.5, 0.6) is 0 Å². The molecule has 4 rings (SSSR count). The van der Waals surface area contributed by atoms with Crippen LogP contribution in [0.25, 0.3) is 0 Å². The van der Waals surface area contributed by atoms with Gasteiger partial charge in [0.15, 0.2) is 11.6 Å². The third-order valence-corrected chi connectivity index (χ3v) is 8.75. The van der Waals surface area contributed by atoms with Gasteiger partial charge in [-0.15, -0.1) is 0 Å². The topological polar surface area (TPSA) is 40.6 Å². The number of anilines is 2. The smallest absolute Gasteiger partial charge is 0.166 e. The zero-order chi connectivity index (χ0) is 28.2. The minimum Gasteiger partial charge on any atom is -0.378 e. The van der Waals surface area contributed by atoms with Crippen LogP contribution < -0.4 is 9.80 Å². The van der Waals surface area contributed by atoms with Gasteiger partial charge in [-0.25, -0.2) is 0 Å².